The van der Waals surface area contributed by atoms with Crippen LogP contribution in [0, 0.1) is 18.3 Å². The number of hydrogen-bond acceptors (Lipinski definition) is 4. The summed E-state index contributed by atoms with van der Waals surface area (Å²) in [6.45, 7) is 13.6. The summed E-state index contributed by atoms with van der Waals surface area (Å²) in [7, 11) is 1.94. The van der Waals surface area contributed by atoms with Gasteiger partial charge in [0.15, 0.2) is 5.96 Å². The summed E-state index contributed by atoms with van der Waals surface area (Å²) in [4.78, 5) is 14.3. The quantitative estimate of drug-likeness (QED) is 0.326. The third-order valence-corrected chi connectivity index (χ3v) is 7.28. The van der Waals surface area contributed by atoms with Gasteiger partial charge in [0.1, 0.15) is 0 Å². The largest absolute Gasteiger partial charge is 0.356 e. The molecule has 0 spiro atoms. The van der Waals surface area contributed by atoms with Crippen molar-refractivity contribution in [1.82, 2.24) is 20.1 Å². The zero-order valence-electron chi connectivity index (χ0n) is 18.7. The molecule has 1 unspecified atom stereocenters. The summed E-state index contributed by atoms with van der Waals surface area (Å²) >= 11 is 1.76. The fourth-order valence-electron chi connectivity index (χ4n) is 4.93. The third-order valence-electron chi connectivity index (χ3n) is 6.45. The zero-order valence-corrected chi connectivity index (χ0v) is 21.9. The first-order valence-corrected chi connectivity index (χ1v) is 12.0. The minimum atomic E-state index is 0. The van der Waals surface area contributed by atoms with E-state index < -0.39 is 0 Å². The molecule has 0 aliphatic carbocycles. The number of likely N-dealkylation sites (tertiary alicyclic amines) is 2. The number of nitrogens with one attached hydrogen (secondary N) is 1. The summed E-state index contributed by atoms with van der Waals surface area (Å²) in [6, 6.07) is 0. The van der Waals surface area contributed by atoms with Crippen molar-refractivity contribution in [2.75, 3.05) is 39.8 Å². The van der Waals surface area contributed by atoms with Crippen LogP contribution >= 0.6 is 35.3 Å². The first kappa shape index (κ1) is 24.9. The van der Waals surface area contributed by atoms with E-state index in [0.717, 1.165) is 38.1 Å². The van der Waals surface area contributed by atoms with E-state index in [-0.39, 0.29) is 24.0 Å². The van der Waals surface area contributed by atoms with Gasteiger partial charge in [0.2, 0.25) is 0 Å². The van der Waals surface area contributed by atoms with Crippen LogP contribution in [0.1, 0.15) is 63.1 Å². The summed E-state index contributed by atoms with van der Waals surface area (Å²) in [5, 5.41) is 7.08. The van der Waals surface area contributed by atoms with Crippen molar-refractivity contribution in [3.05, 3.63) is 16.1 Å². The van der Waals surface area contributed by atoms with Crippen molar-refractivity contribution in [3.63, 3.8) is 0 Å². The van der Waals surface area contributed by atoms with Crippen LogP contribution in [-0.4, -0.2) is 60.5 Å². The number of nitrogens with zero attached hydrogens (tertiary/aromatic N) is 4. The molecule has 0 aromatic carbocycles. The van der Waals surface area contributed by atoms with Crippen molar-refractivity contribution in [2.45, 2.75) is 65.8 Å². The second-order valence-electron chi connectivity index (χ2n) is 9.09. The molecule has 1 aromatic rings. The van der Waals surface area contributed by atoms with E-state index in [9.17, 15) is 0 Å². The van der Waals surface area contributed by atoms with Gasteiger partial charge in [-0.25, -0.2) is 4.98 Å². The van der Waals surface area contributed by atoms with Crippen LogP contribution in [0.2, 0.25) is 0 Å². The summed E-state index contributed by atoms with van der Waals surface area (Å²) < 4.78 is 0. The zero-order chi connectivity index (χ0) is 20.0. The van der Waals surface area contributed by atoms with Crippen LogP contribution in [0.3, 0.4) is 0 Å². The minimum absolute atomic E-state index is 0. The van der Waals surface area contributed by atoms with Gasteiger partial charge < -0.3 is 10.2 Å². The molecule has 2 saturated heterocycles. The highest BCUT2D eigenvalue weighted by molar-refractivity contribution is 14.0. The predicted octanol–water partition coefficient (Wildman–Crippen LogP) is 4.76. The van der Waals surface area contributed by atoms with Gasteiger partial charge in [0.05, 0.1) is 10.7 Å². The molecule has 7 heteroatoms. The average Bonchev–Trinajstić information content (AvgIpc) is 3.08. The Morgan fingerprint density at radius 1 is 1.34 bits per heavy atom. The first-order valence-electron chi connectivity index (χ1n) is 11.1. The van der Waals surface area contributed by atoms with E-state index in [1.54, 1.807) is 11.3 Å². The van der Waals surface area contributed by atoms with Crippen molar-refractivity contribution in [2.24, 2.45) is 16.3 Å². The standard InChI is InChI=1S/C22H39N5S.HI/c1-5-9-22(3)10-6-11-27(17-22)21(23-4)24-14-19-7-12-26(13-8-19)15-20-16-28-18(2)25-20;/h16,19H,5-15,17H2,1-4H3,(H,23,24);1H. The molecular weight excluding hydrogens is 493 g/mol. The maximum Gasteiger partial charge on any atom is 0.193 e. The lowest BCUT2D eigenvalue weighted by Crippen LogP contribution is -2.51. The van der Waals surface area contributed by atoms with Crippen LogP contribution in [0.5, 0.6) is 0 Å². The smallest absolute Gasteiger partial charge is 0.193 e. The fourth-order valence-corrected chi connectivity index (χ4v) is 5.53. The number of hydrogen-bond donors (Lipinski definition) is 1. The molecule has 2 aliphatic heterocycles. The molecule has 1 atom stereocenters. The second-order valence-corrected chi connectivity index (χ2v) is 10.2. The molecule has 166 valence electrons. The number of aryl methyl sites for hydroxylation is 1. The lowest BCUT2D eigenvalue weighted by atomic mass is 9.78. The number of rotatable bonds is 6. The molecule has 0 bridgehead atoms. The predicted molar refractivity (Wildman–Crippen MR) is 135 cm³/mol. The molecule has 29 heavy (non-hydrogen) atoms. The number of piperidine rings is 2. The number of thiazole rings is 1. The average molecular weight is 534 g/mol. The van der Waals surface area contributed by atoms with Crippen molar-refractivity contribution in [1.29, 1.82) is 0 Å². The van der Waals surface area contributed by atoms with Crippen LogP contribution in [0.25, 0.3) is 0 Å². The highest BCUT2D eigenvalue weighted by Crippen LogP contribution is 2.34. The Hall–Kier alpha value is -0.410. The number of halogens is 1. The molecule has 0 saturated carbocycles. The Labute approximate surface area is 198 Å². The fraction of sp³-hybridized carbons (Fsp3) is 0.818. The molecule has 1 N–H and O–H groups in total. The van der Waals surface area contributed by atoms with Crippen LogP contribution < -0.4 is 5.32 Å². The molecule has 1 aromatic heterocycles. The summed E-state index contributed by atoms with van der Waals surface area (Å²) in [5.41, 5.74) is 1.68. The summed E-state index contributed by atoms with van der Waals surface area (Å²) in [5.74, 6) is 1.86. The van der Waals surface area contributed by atoms with E-state index in [2.05, 4.69) is 51.2 Å². The summed E-state index contributed by atoms with van der Waals surface area (Å²) in [6.07, 6.45) is 7.76. The molecule has 3 rings (SSSR count). The number of aliphatic imine (C=N–C) groups is 1. The van der Waals surface area contributed by atoms with Gasteiger partial charge in [-0.05, 0) is 63.5 Å². The van der Waals surface area contributed by atoms with Gasteiger partial charge in [-0.15, -0.1) is 35.3 Å². The van der Waals surface area contributed by atoms with Crippen molar-refractivity contribution >= 4 is 41.3 Å². The Bertz CT molecular complexity index is 637. The Kier molecular flexibility index (Phi) is 10.1. The van der Waals surface area contributed by atoms with E-state index in [1.807, 2.05) is 7.05 Å². The minimum Gasteiger partial charge on any atom is -0.356 e. The van der Waals surface area contributed by atoms with E-state index in [1.165, 1.54) is 62.3 Å². The van der Waals surface area contributed by atoms with Crippen molar-refractivity contribution < 1.29 is 0 Å². The molecule has 0 amide bonds. The Morgan fingerprint density at radius 3 is 2.72 bits per heavy atom. The lowest BCUT2D eigenvalue weighted by molar-refractivity contribution is 0.141. The lowest BCUT2D eigenvalue weighted by Gasteiger charge is -2.42. The van der Waals surface area contributed by atoms with Gasteiger partial charge >= 0.3 is 0 Å². The first-order chi connectivity index (χ1) is 13.5. The van der Waals surface area contributed by atoms with Gasteiger partial charge in [-0.3, -0.25) is 9.89 Å². The molecule has 0 radical (unpaired) electrons. The van der Waals surface area contributed by atoms with E-state index in [0.29, 0.717) is 5.41 Å². The molecule has 2 aliphatic rings. The van der Waals surface area contributed by atoms with E-state index >= 15 is 0 Å². The van der Waals surface area contributed by atoms with Gasteiger partial charge in [0, 0.05) is 38.6 Å². The van der Waals surface area contributed by atoms with Crippen molar-refractivity contribution in [3.8, 4) is 0 Å². The highest BCUT2D eigenvalue weighted by Gasteiger charge is 2.31. The molecule has 3 heterocycles. The van der Waals surface area contributed by atoms with Crippen LogP contribution in [-0.2, 0) is 6.54 Å². The number of aromatic nitrogens is 1. The molecule has 5 nitrogen and oxygen atoms in total. The maximum atomic E-state index is 4.61. The topological polar surface area (TPSA) is 43.8 Å². The van der Waals surface area contributed by atoms with Crippen LogP contribution in [0.4, 0.5) is 0 Å². The van der Waals surface area contributed by atoms with Gasteiger partial charge in [-0.2, -0.15) is 0 Å². The molecule has 2 fully saturated rings. The number of guanidine groups is 1. The van der Waals surface area contributed by atoms with Gasteiger partial charge in [0.25, 0.3) is 0 Å². The normalized spacial score (nSPS) is 24.4. The maximum absolute atomic E-state index is 4.61. The highest BCUT2D eigenvalue weighted by atomic mass is 127. The Balaban J connectivity index is 0.00000300. The SMILES string of the molecule is CCCC1(C)CCCN(C(=NC)NCC2CCN(Cc3csc(C)n3)CC2)C1.I. The van der Waals surface area contributed by atoms with Crippen LogP contribution in [0.15, 0.2) is 10.4 Å². The van der Waals surface area contributed by atoms with E-state index in [4.69, 9.17) is 0 Å². The second kappa shape index (κ2) is 11.8. The molecular formula is C22H40IN5S. The Morgan fingerprint density at radius 2 is 2.10 bits per heavy atom. The third kappa shape index (κ3) is 7.35. The van der Waals surface area contributed by atoms with Gasteiger partial charge in [-0.1, -0.05) is 20.3 Å². The monoisotopic (exact) mass is 533 g/mol.